The van der Waals surface area contributed by atoms with Gasteiger partial charge in [0.25, 0.3) is 0 Å². The maximum absolute atomic E-state index is 13.6. The summed E-state index contributed by atoms with van der Waals surface area (Å²) in [6, 6.07) is 19.9. The van der Waals surface area contributed by atoms with Crippen molar-refractivity contribution >= 4 is 41.1 Å². The van der Waals surface area contributed by atoms with Crippen LogP contribution < -0.4 is 5.73 Å². The van der Waals surface area contributed by atoms with Gasteiger partial charge in [0.15, 0.2) is 5.78 Å². The van der Waals surface area contributed by atoms with Crippen LogP contribution in [0.2, 0.25) is 10.0 Å². The van der Waals surface area contributed by atoms with E-state index in [1.807, 2.05) is 24.3 Å². The maximum Gasteiger partial charge on any atom is 0.188 e. The van der Waals surface area contributed by atoms with Crippen LogP contribution in [0, 0.1) is 13.8 Å². The molecule has 1 saturated heterocycles. The molecular weight excluding hydrogens is 511 g/mol. The Bertz CT molecular complexity index is 1350. The lowest BCUT2D eigenvalue weighted by molar-refractivity contribution is -0.113. The van der Waals surface area contributed by atoms with Crippen LogP contribution in [0.1, 0.15) is 40.3 Å². The van der Waals surface area contributed by atoms with Crippen LogP contribution in [0.4, 0.5) is 0 Å². The average Bonchev–Trinajstić information content (AvgIpc) is 2.90. The first kappa shape index (κ1) is 27.9. The van der Waals surface area contributed by atoms with Gasteiger partial charge in [-0.15, -0.1) is 0 Å². The number of hydrogen-bond acceptors (Lipinski definition) is 3. The third-order valence-corrected chi connectivity index (χ3v) is 7.92. The number of carbonyl (C=O) groups excluding carboxylic acids is 1. The summed E-state index contributed by atoms with van der Waals surface area (Å²) in [7, 11) is 0. The molecule has 196 valence electrons. The number of likely N-dealkylation sites (tertiary alicyclic amines) is 1. The number of benzene rings is 3. The van der Waals surface area contributed by atoms with Gasteiger partial charge in [0.1, 0.15) is 0 Å². The van der Waals surface area contributed by atoms with Crippen LogP contribution >= 0.6 is 23.2 Å². The van der Waals surface area contributed by atoms with Crippen molar-refractivity contribution in [1.29, 1.82) is 0 Å². The van der Waals surface area contributed by atoms with Crippen LogP contribution in [-0.4, -0.2) is 29.8 Å². The number of piperidine rings is 1. The number of Topliss-reactive ketones (excluding diaryl/α,β-unsaturated/α-hetero) is 1. The van der Waals surface area contributed by atoms with Gasteiger partial charge in [-0.25, -0.2) is 0 Å². The standard InChI is InChI=1S/C33H34Cl2N2O/c1-5-24-8-10-25(11-9-24)18-32(36)23(4)37-19-28(15-26-7-6-21(2)22(3)14-26)33(38)29(20-37)16-27-12-13-30(34)31(35)17-27/h6-17,32H,4-5,18-20,36H2,1-3H3/b28-15+,29-16+. The highest BCUT2D eigenvalue weighted by Gasteiger charge is 2.28. The number of rotatable bonds is 7. The third kappa shape index (κ3) is 6.66. The smallest absolute Gasteiger partial charge is 0.188 e. The highest BCUT2D eigenvalue weighted by Crippen LogP contribution is 2.28. The summed E-state index contributed by atoms with van der Waals surface area (Å²) in [5.41, 5.74) is 15.5. The lowest BCUT2D eigenvalue weighted by Gasteiger charge is -2.35. The van der Waals surface area contributed by atoms with Gasteiger partial charge in [-0.2, -0.15) is 0 Å². The Kier molecular flexibility index (Phi) is 8.94. The second kappa shape index (κ2) is 12.2. The molecular formula is C33H34Cl2N2O. The highest BCUT2D eigenvalue weighted by atomic mass is 35.5. The van der Waals surface area contributed by atoms with Gasteiger partial charge in [-0.1, -0.05) is 85.2 Å². The van der Waals surface area contributed by atoms with Gasteiger partial charge in [0.2, 0.25) is 0 Å². The molecule has 3 nitrogen and oxygen atoms in total. The Balaban J connectivity index is 1.65. The average molecular weight is 546 g/mol. The summed E-state index contributed by atoms with van der Waals surface area (Å²) in [6.45, 7) is 11.5. The minimum absolute atomic E-state index is 0.0158. The summed E-state index contributed by atoms with van der Waals surface area (Å²) in [4.78, 5) is 15.8. The molecule has 4 rings (SSSR count). The number of aryl methyl sites for hydroxylation is 3. The van der Waals surface area contributed by atoms with Crippen LogP contribution in [-0.2, 0) is 17.6 Å². The van der Waals surface area contributed by atoms with Crippen LogP contribution in [0.15, 0.2) is 84.1 Å². The number of ketones is 1. The Hall–Kier alpha value is -3.11. The zero-order valence-electron chi connectivity index (χ0n) is 22.2. The van der Waals surface area contributed by atoms with E-state index in [1.54, 1.807) is 12.1 Å². The lowest BCUT2D eigenvalue weighted by atomic mass is 9.92. The van der Waals surface area contributed by atoms with Crippen LogP contribution in [0.5, 0.6) is 0 Å². The van der Waals surface area contributed by atoms with E-state index < -0.39 is 0 Å². The molecule has 38 heavy (non-hydrogen) atoms. The number of halogens is 2. The predicted molar refractivity (Wildman–Crippen MR) is 162 cm³/mol. The molecule has 1 unspecified atom stereocenters. The van der Waals surface area contributed by atoms with Crippen molar-refractivity contribution in [2.75, 3.05) is 13.1 Å². The number of nitrogens with two attached hydrogens (primary N) is 1. The van der Waals surface area contributed by atoms with Crippen molar-refractivity contribution < 1.29 is 4.79 Å². The highest BCUT2D eigenvalue weighted by molar-refractivity contribution is 6.42. The molecule has 1 heterocycles. The molecule has 0 bridgehead atoms. The molecule has 0 aromatic heterocycles. The zero-order valence-corrected chi connectivity index (χ0v) is 23.7. The van der Waals surface area contributed by atoms with Crippen LogP contribution in [0.25, 0.3) is 12.2 Å². The molecule has 0 spiro atoms. The molecule has 2 N–H and O–H groups in total. The van der Waals surface area contributed by atoms with E-state index in [4.69, 9.17) is 28.9 Å². The molecule has 3 aromatic carbocycles. The fourth-order valence-electron chi connectivity index (χ4n) is 4.62. The molecule has 0 radical (unpaired) electrons. The minimum atomic E-state index is -0.273. The molecule has 5 heteroatoms. The molecule has 1 fully saturated rings. The monoisotopic (exact) mass is 544 g/mol. The van der Waals surface area contributed by atoms with Gasteiger partial charge < -0.3 is 10.6 Å². The van der Waals surface area contributed by atoms with E-state index in [2.05, 4.69) is 68.6 Å². The van der Waals surface area contributed by atoms with Crippen molar-refractivity contribution in [3.63, 3.8) is 0 Å². The second-order valence-electron chi connectivity index (χ2n) is 10.0. The van der Waals surface area contributed by atoms with E-state index in [0.717, 1.165) is 23.2 Å². The van der Waals surface area contributed by atoms with E-state index in [1.165, 1.54) is 22.3 Å². The van der Waals surface area contributed by atoms with Crippen molar-refractivity contribution in [2.24, 2.45) is 5.73 Å². The molecule has 0 aliphatic carbocycles. The molecule has 1 atom stereocenters. The SMILES string of the molecule is C=C(C(N)Cc1ccc(CC)cc1)N1C/C(=C\c2ccc(C)c(C)c2)C(=O)/C(=C/c2ccc(Cl)c(Cl)c2)C1. The van der Waals surface area contributed by atoms with Gasteiger partial charge in [0.05, 0.1) is 10.0 Å². The molecule has 1 aliphatic rings. The third-order valence-electron chi connectivity index (χ3n) is 7.18. The second-order valence-corrected chi connectivity index (χ2v) is 10.8. The quantitative estimate of drug-likeness (QED) is 0.311. The van der Waals surface area contributed by atoms with E-state index >= 15 is 0 Å². The Labute approximate surface area is 236 Å². The zero-order chi connectivity index (χ0) is 27.4. The summed E-state index contributed by atoms with van der Waals surface area (Å²) in [5, 5.41) is 0.930. The summed E-state index contributed by atoms with van der Waals surface area (Å²) >= 11 is 12.4. The van der Waals surface area contributed by atoms with Crippen LogP contribution in [0.3, 0.4) is 0 Å². The van der Waals surface area contributed by atoms with Gasteiger partial charge in [-0.3, -0.25) is 4.79 Å². The predicted octanol–water partition coefficient (Wildman–Crippen LogP) is 7.61. The van der Waals surface area contributed by atoms with Gasteiger partial charge >= 0.3 is 0 Å². The molecule has 1 aliphatic heterocycles. The number of nitrogens with zero attached hydrogens (tertiary/aromatic N) is 1. The maximum atomic E-state index is 13.6. The summed E-state index contributed by atoms with van der Waals surface area (Å²) in [5.74, 6) is 0.0158. The van der Waals surface area contributed by atoms with Crippen molar-refractivity contribution in [1.82, 2.24) is 4.90 Å². The first-order valence-corrected chi connectivity index (χ1v) is 13.7. The first-order chi connectivity index (χ1) is 18.1. The Morgan fingerprint density at radius 2 is 1.47 bits per heavy atom. The minimum Gasteiger partial charge on any atom is -0.365 e. The molecule has 0 saturated carbocycles. The van der Waals surface area contributed by atoms with Gasteiger partial charge in [0, 0.05) is 36.0 Å². The van der Waals surface area contributed by atoms with Gasteiger partial charge in [-0.05, 0) is 84.4 Å². The number of hydrogen-bond donors (Lipinski definition) is 1. The first-order valence-electron chi connectivity index (χ1n) is 12.9. The van der Waals surface area contributed by atoms with Crippen molar-refractivity contribution in [3.8, 4) is 0 Å². The fraction of sp³-hybridized carbons (Fsp3) is 0.242. The van der Waals surface area contributed by atoms with Crippen molar-refractivity contribution in [3.05, 3.63) is 128 Å². The topological polar surface area (TPSA) is 46.3 Å². The molecule has 0 amide bonds. The van der Waals surface area contributed by atoms with E-state index in [9.17, 15) is 4.79 Å². The summed E-state index contributed by atoms with van der Waals surface area (Å²) < 4.78 is 0. The normalized spacial score (nSPS) is 16.8. The van der Waals surface area contributed by atoms with E-state index in [0.29, 0.717) is 40.7 Å². The fourth-order valence-corrected chi connectivity index (χ4v) is 4.93. The molecule has 3 aromatic rings. The van der Waals surface area contributed by atoms with Crippen molar-refractivity contribution in [2.45, 2.75) is 39.7 Å². The lowest BCUT2D eigenvalue weighted by Crippen LogP contribution is -2.42. The Morgan fingerprint density at radius 3 is 2.05 bits per heavy atom. The van der Waals surface area contributed by atoms with E-state index in [-0.39, 0.29) is 11.8 Å². The Morgan fingerprint density at radius 1 is 0.895 bits per heavy atom. The number of carbonyl (C=O) groups is 1. The largest absolute Gasteiger partial charge is 0.365 e. The summed E-state index contributed by atoms with van der Waals surface area (Å²) in [6.07, 6.45) is 5.54.